The number of nitrogens with zero attached hydrogens (tertiary/aromatic N) is 3. The molecule has 1 N–H and O–H groups in total. The summed E-state index contributed by atoms with van der Waals surface area (Å²) in [6.07, 6.45) is 3.80. The number of nitrogens with one attached hydrogen (secondary N) is 1. The van der Waals surface area contributed by atoms with E-state index in [9.17, 15) is 8.42 Å². The lowest BCUT2D eigenvalue weighted by atomic mass is 10.1. The van der Waals surface area contributed by atoms with E-state index in [-0.39, 0.29) is 27.8 Å². The second-order valence-electron chi connectivity index (χ2n) is 7.56. The number of hydrogen-bond acceptors (Lipinski definition) is 7. The highest BCUT2D eigenvalue weighted by molar-refractivity contribution is 7.89. The minimum atomic E-state index is -3.90. The molecule has 0 radical (unpaired) electrons. The van der Waals surface area contributed by atoms with Crippen molar-refractivity contribution in [3.63, 3.8) is 0 Å². The van der Waals surface area contributed by atoms with Gasteiger partial charge in [0.2, 0.25) is 21.7 Å². The lowest BCUT2D eigenvalue weighted by molar-refractivity contribution is 0.255. The van der Waals surface area contributed by atoms with E-state index in [1.807, 2.05) is 20.8 Å². The van der Waals surface area contributed by atoms with E-state index in [0.29, 0.717) is 18.0 Å². The molecule has 4 rings (SSSR count). The lowest BCUT2D eigenvalue weighted by Crippen LogP contribution is -2.32. The molecule has 0 fully saturated rings. The third-order valence-electron chi connectivity index (χ3n) is 4.83. The molecule has 0 saturated heterocycles. The normalized spacial score (nSPS) is 17.0. The third kappa shape index (κ3) is 4.05. The first-order chi connectivity index (χ1) is 14.2. The summed E-state index contributed by atoms with van der Waals surface area (Å²) < 4.78 is 40.0. The van der Waals surface area contributed by atoms with Gasteiger partial charge in [0.15, 0.2) is 0 Å². The third-order valence-corrected chi connectivity index (χ3v) is 6.53. The molecule has 8 nitrogen and oxygen atoms in total. The first-order valence-electron chi connectivity index (χ1n) is 9.50. The van der Waals surface area contributed by atoms with E-state index in [2.05, 4.69) is 19.8 Å². The number of benzene rings is 1. The maximum absolute atomic E-state index is 13.1. The van der Waals surface area contributed by atoms with E-state index in [4.69, 9.17) is 20.9 Å². The van der Waals surface area contributed by atoms with Crippen LogP contribution >= 0.6 is 11.6 Å². The van der Waals surface area contributed by atoms with Gasteiger partial charge in [-0.15, -0.1) is 0 Å². The molecule has 3 aromatic rings. The summed E-state index contributed by atoms with van der Waals surface area (Å²) in [4.78, 5) is 8.42. The van der Waals surface area contributed by atoms with E-state index in [1.165, 1.54) is 6.07 Å². The molecule has 0 saturated carbocycles. The maximum Gasteiger partial charge on any atom is 0.245 e. The molecule has 10 heteroatoms. The zero-order valence-electron chi connectivity index (χ0n) is 16.7. The Labute approximate surface area is 179 Å². The van der Waals surface area contributed by atoms with Gasteiger partial charge in [-0.3, -0.25) is 4.98 Å². The van der Waals surface area contributed by atoms with Crippen LogP contribution in [0.1, 0.15) is 38.3 Å². The molecule has 0 bridgehead atoms. The molecule has 1 aromatic carbocycles. The van der Waals surface area contributed by atoms with Gasteiger partial charge >= 0.3 is 0 Å². The largest absolute Gasteiger partial charge is 0.489 e. The number of hydrogen-bond donors (Lipinski definition) is 1. The van der Waals surface area contributed by atoms with Gasteiger partial charge in [-0.2, -0.15) is 9.71 Å². The van der Waals surface area contributed by atoms with Crippen molar-refractivity contribution in [1.82, 2.24) is 19.8 Å². The molecule has 0 amide bonds. The predicted molar refractivity (Wildman–Crippen MR) is 111 cm³/mol. The molecule has 2 aromatic heterocycles. The Morgan fingerprint density at radius 1 is 1.23 bits per heavy atom. The van der Waals surface area contributed by atoms with E-state index in [0.717, 1.165) is 11.1 Å². The summed E-state index contributed by atoms with van der Waals surface area (Å²) in [5.41, 5.74) is 1.50. The zero-order chi connectivity index (χ0) is 21.5. The van der Waals surface area contributed by atoms with Crippen molar-refractivity contribution in [3.8, 4) is 17.1 Å². The average molecular weight is 449 g/mol. The number of ether oxygens (including phenoxy) is 1. The van der Waals surface area contributed by atoms with E-state index in [1.54, 1.807) is 30.6 Å². The zero-order valence-corrected chi connectivity index (χ0v) is 18.2. The highest BCUT2D eigenvalue weighted by Crippen LogP contribution is 2.38. The maximum atomic E-state index is 13.1. The molecule has 1 aliphatic rings. The van der Waals surface area contributed by atoms with Crippen molar-refractivity contribution in [2.24, 2.45) is 5.92 Å². The highest BCUT2D eigenvalue weighted by Gasteiger charge is 2.31. The Balaban J connectivity index is 1.63. The molecule has 1 aliphatic heterocycles. The first-order valence-corrected chi connectivity index (χ1v) is 11.4. The standard InChI is InChI=1S/C20H21ClN4O4S/c1-11(2)17(20-23-19(24-29-20)13-4-6-22-7-5-13)25-30(26,27)15-9-14-8-12(3)28-18(14)16(21)10-15/h4-7,9-12,17,25H,8H2,1-3H3. The fourth-order valence-electron chi connectivity index (χ4n) is 3.30. The fraction of sp³-hybridized carbons (Fsp3) is 0.350. The van der Waals surface area contributed by atoms with Gasteiger partial charge < -0.3 is 9.26 Å². The summed E-state index contributed by atoms with van der Waals surface area (Å²) >= 11 is 6.27. The van der Waals surface area contributed by atoms with Crippen molar-refractivity contribution in [3.05, 3.63) is 53.1 Å². The van der Waals surface area contributed by atoms with Crippen LogP contribution in [-0.2, 0) is 16.4 Å². The smallest absolute Gasteiger partial charge is 0.245 e. The molecule has 30 heavy (non-hydrogen) atoms. The summed E-state index contributed by atoms with van der Waals surface area (Å²) in [5, 5.41) is 4.25. The van der Waals surface area contributed by atoms with Crippen LogP contribution in [0.4, 0.5) is 0 Å². The monoisotopic (exact) mass is 448 g/mol. The predicted octanol–water partition coefficient (Wildman–Crippen LogP) is 3.78. The van der Waals surface area contributed by atoms with Crippen LogP contribution in [0, 0.1) is 5.92 Å². The van der Waals surface area contributed by atoms with Crippen LogP contribution in [-0.4, -0.2) is 29.6 Å². The minimum Gasteiger partial charge on any atom is -0.489 e. The average Bonchev–Trinajstić information content (AvgIpc) is 3.33. The number of pyridine rings is 1. The van der Waals surface area contributed by atoms with E-state index < -0.39 is 16.1 Å². The summed E-state index contributed by atoms with van der Waals surface area (Å²) in [7, 11) is -3.90. The lowest BCUT2D eigenvalue weighted by Gasteiger charge is -2.19. The molecule has 158 valence electrons. The van der Waals surface area contributed by atoms with Crippen LogP contribution in [0.2, 0.25) is 5.02 Å². The van der Waals surface area contributed by atoms with Gasteiger partial charge in [0, 0.05) is 29.9 Å². The molecular weight excluding hydrogens is 428 g/mol. The minimum absolute atomic E-state index is 0.0446. The second kappa shape index (κ2) is 7.98. The van der Waals surface area contributed by atoms with Crippen molar-refractivity contribution in [2.75, 3.05) is 0 Å². The number of fused-ring (bicyclic) bond motifs is 1. The summed E-state index contributed by atoms with van der Waals surface area (Å²) in [5.74, 6) is 0.953. The number of halogens is 1. The van der Waals surface area contributed by atoms with Crippen LogP contribution in [0.5, 0.6) is 5.75 Å². The van der Waals surface area contributed by atoms with Crippen LogP contribution in [0.3, 0.4) is 0 Å². The van der Waals surface area contributed by atoms with Gasteiger partial charge in [0.05, 0.1) is 9.92 Å². The Morgan fingerprint density at radius 2 is 1.97 bits per heavy atom. The van der Waals surface area contributed by atoms with Crippen LogP contribution in [0.15, 0.2) is 46.1 Å². The second-order valence-corrected chi connectivity index (χ2v) is 9.68. The molecular formula is C20H21ClN4O4S. The van der Waals surface area contributed by atoms with Crippen molar-refractivity contribution >= 4 is 21.6 Å². The van der Waals surface area contributed by atoms with Gasteiger partial charge in [-0.05, 0) is 37.1 Å². The Bertz CT molecular complexity index is 1160. The molecule has 0 spiro atoms. The topological polar surface area (TPSA) is 107 Å². The van der Waals surface area contributed by atoms with Crippen molar-refractivity contribution < 1.29 is 17.7 Å². The molecule has 3 heterocycles. The molecule has 0 aliphatic carbocycles. The van der Waals surface area contributed by atoms with Crippen molar-refractivity contribution in [2.45, 2.75) is 44.2 Å². The number of rotatable bonds is 6. The quantitative estimate of drug-likeness (QED) is 0.611. The number of sulfonamides is 1. The molecule has 2 unspecified atom stereocenters. The van der Waals surface area contributed by atoms with Gasteiger partial charge in [-0.25, -0.2) is 8.42 Å². The Hall–Kier alpha value is -2.49. The fourth-order valence-corrected chi connectivity index (χ4v) is 5.06. The Morgan fingerprint density at radius 3 is 2.67 bits per heavy atom. The van der Waals surface area contributed by atoms with Gasteiger partial charge in [-0.1, -0.05) is 30.6 Å². The van der Waals surface area contributed by atoms with Crippen LogP contribution < -0.4 is 9.46 Å². The van der Waals surface area contributed by atoms with E-state index >= 15 is 0 Å². The SMILES string of the molecule is CC1Cc2cc(S(=O)(=O)NC(c3nc(-c4ccncc4)no3)C(C)C)cc(Cl)c2O1. The highest BCUT2D eigenvalue weighted by atomic mass is 35.5. The summed E-state index contributed by atoms with van der Waals surface area (Å²) in [6.45, 7) is 5.65. The van der Waals surface area contributed by atoms with Crippen LogP contribution in [0.25, 0.3) is 11.4 Å². The summed E-state index contributed by atoms with van der Waals surface area (Å²) in [6, 6.07) is 5.78. The van der Waals surface area contributed by atoms with Crippen molar-refractivity contribution in [1.29, 1.82) is 0 Å². The van der Waals surface area contributed by atoms with Gasteiger partial charge in [0.1, 0.15) is 17.9 Å². The molecule has 2 atom stereocenters. The Kier molecular flexibility index (Phi) is 5.52. The number of aromatic nitrogens is 3. The van der Waals surface area contributed by atoms with Gasteiger partial charge in [0.25, 0.3) is 0 Å². The first kappa shape index (κ1) is 20.8.